The lowest BCUT2D eigenvalue weighted by molar-refractivity contribution is -0.163. The van der Waals surface area contributed by atoms with Crippen molar-refractivity contribution < 1.29 is 14.3 Å². The van der Waals surface area contributed by atoms with Crippen LogP contribution in [0, 0.1) is 11.3 Å². The Balaban J connectivity index is 1.78. The van der Waals surface area contributed by atoms with Crippen LogP contribution in [0.1, 0.15) is 33.1 Å². The van der Waals surface area contributed by atoms with Gasteiger partial charge >= 0.3 is 0 Å². The van der Waals surface area contributed by atoms with Crippen molar-refractivity contribution in [2.75, 3.05) is 19.8 Å². The normalized spacial score (nSPS) is 40.5. The van der Waals surface area contributed by atoms with Crippen LogP contribution >= 0.6 is 0 Å². The van der Waals surface area contributed by atoms with E-state index in [-0.39, 0.29) is 11.5 Å². The quantitative estimate of drug-likeness (QED) is 0.712. The predicted molar refractivity (Wildman–Crippen MR) is 56.7 cm³/mol. The van der Waals surface area contributed by atoms with Gasteiger partial charge in [0.25, 0.3) is 0 Å². The third kappa shape index (κ3) is 1.95. The van der Waals surface area contributed by atoms with Crippen molar-refractivity contribution >= 4 is 5.78 Å². The van der Waals surface area contributed by atoms with Crippen LogP contribution in [-0.4, -0.2) is 31.7 Å². The van der Waals surface area contributed by atoms with E-state index in [4.69, 9.17) is 9.47 Å². The van der Waals surface area contributed by atoms with Crippen LogP contribution in [0.25, 0.3) is 0 Å². The largest absolute Gasteiger partial charge is 0.381 e. The van der Waals surface area contributed by atoms with Crippen molar-refractivity contribution in [2.45, 2.75) is 39.2 Å². The lowest BCUT2D eigenvalue weighted by atomic mass is 9.64. The van der Waals surface area contributed by atoms with Crippen molar-refractivity contribution in [1.82, 2.24) is 0 Å². The van der Waals surface area contributed by atoms with Gasteiger partial charge in [-0.3, -0.25) is 4.79 Å². The smallest absolute Gasteiger partial charge is 0.143 e. The van der Waals surface area contributed by atoms with Gasteiger partial charge in [-0.2, -0.15) is 0 Å². The van der Waals surface area contributed by atoms with Gasteiger partial charge < -0.3 is 9.47 Å². The summed E-state index contributed by atoms with van der Waals surface area (Å²) in [6.07, 6.45) is 2.75. The Labute approximate surface area is 91.1 Å². The van der Waals surface area contributed by atoms with Gasteiger partial charge in [-0.05, 0) is 12.8 Å². The van der Waals surface area contributed by atoms with Gasteiger partial charge in [0.1, 0.15) is 5.78 Å². The molecule has 1 saturated heterocycles. The van der Waals surface area contributed by atoms with Gasteiger partial charge in [0.05, 0.1) is 24.7 Å². The number of hydrogen-bond donors (Lipinski definition) is 0. The van der Waals surface area contributed by atoms with E-state index in [2.05, 4.69) is 6.92 Å². The number of carbonyl (C=O) groups excluding carboxylic acids is 1. The number of ether oxygens (including phenoxy) is 2. The fourth-order valence-electron chi connectivity index (χ4n) is 2.31. The molecule has 0 amide bonds. The fraction of sp³-hybridized carbons (Fsp3) is 0.917. The molecule has 2 fully saturated rings. The summed E-state index contributed by atoms with van der Waals surface area (Å²) in [7, 11) is 0. The molecule has 1 aliphatic carbocycles. The lowest BCUT2D eigenvalue weighted by Crippen LogP contribution is -2.53. The highest BCUT2D eigenvalue weighted by Gasteiger charge is 2.50. The Morgan fingerprint density at radius 1 is 1.60 bits per heavy atom. The van der Waals surface area contributed by atoms with Gasteiger partial charge in [0.15, 0.2) is 0 Å². The van der Waals surface area contributed by atoms with Crippen LogP contribution in [0.2, 0.25) is 0 Å². The van der Waals surface area contributed by atoms with E-state index >= 15 is 0 Å². The first-order valence-electron chi connectivity index (χ1n) is 5.89. The molecule has 15 heavy (non-hydrogen) atoms. The molecule has 86 valence electrons. The highest BCUT2D eigenvalue weighted by atomic mass is 16.5. The minimum Gasteiger partial charge on any atom is -0.381 e. The molecule has 0 aromatic carbocycles. The molecule has 3 atom stereocenters. The van der Waals surface area contributed by atoms with E-state index in [0.29, 0.717) is 18.1 Å². The molecule has 1 heterocycles. The number of Topliss-reactive ketones (excluding diaryl/α,β-unsaturated/α-hetero) is 1. The molecule has 3 unspecified atom stereocenters. The molecule has 3 nitrogen and oxygen atoms in total. The summed E-state index contributed by atoms with van der Waals surface area (Å²) in [5, 5.41) is 0. The Bertz CT molecular complexity index is 245. The minimum absolute atomic E-state index is 0.149. The van der Waals surface area contributed by atoms with E-state index < -0.39 is 0 Å². The third-order valence-corrected chi connectivity index (χ3v) is 4.01. The number of hydrogen-bond acceptors (Lipinski definition) is 3. The number of rotatable bonds is 4. The third-order valence-electron chi connectivity index (χ3n) is 4.01. The molecule has 0 radical (unpaired) electrons. The van der Waals surface area contributed by atoms with Crippen LogP contribution in [0.4, 0.5) is 0 Å². The van der Waals surface area contributed by atoms with E-state index in [9.17, 15) is 4.79 Å². The summed E-state index contributed by atoms with van der Waals surface area (Å²) in [5.41, 5.74) is -0.209. The zero-order chi connectivity index (χ0) is 10.9. The first-order valence-corrected chi connectivity index (χ1v) is 5.89. The Morgan fingerprint density at radius 2 is 2.40 bits per heavy atom. The molecule has 0 N–H and O–H groups in total. The summed E-state index contributed by atoms with van der Waals surface area (Å²) in [5.74, 6) is 0.902. The molecular formula is C12H20O3. The second kappa shape index (κ2) is 4.22. The predicted octanol–water partition coefficient (Wildman–Crippen LogP) is 1.80. The summed E-state index contributed by atoms with van der Waals surface area (Å²) in [6, 6.07) is 0. The second-order valence-corrected chi connectivity index (χ2v) is 4.95. The molecule has 0 aromatic rings. The van der Waals surface area contributed by atoms with Crippen molar-refractivity contribution in [3.8, 4) is 0 Å². The minimum atomic E-state index is -0.209. The Hall–Kier alpha value is -0.410. The van der Waals surface area contributed by atoms with E-state index in [0.717, 1.165) is 32.7 Å². The molecular weight excluding hydrogens is 192 g/mol. The highest BCUT2D eigenvalue weighted by Crippen LogP contribution is 2.42. The average molecular weight is 212 g/mol. The molecule has 0 spiro atoms. The maximum absolute atomic E-state index is 11.5. The van der Waals surface area contributed by atoms with Crippen LogP contribution in [0.3, 0.4) is 0 Å². The molecule has 1 aliphatic heterocycles. The fourth-order valence-corrected chi connectivity index (χ4v) is 2.31. The number of ketones is 1. The maximum Gasteiger partial charge on any atom is 0.143 e. The molecule has 2 aliphatic rings. The topological polar surface area (TPSA) is 35.5 Å². The van der Waals surface area contributed by atoms with Crippen molar-refractivity contribution in [3.05, 3.63) is 0 Å². The lowest BCUT2D eigenvalue weighted by Gasteiger charge is -2.44. The molecule has 2 rings (SSSR count). The molecule has 1 saturated carbocycles. The van der Waals surface area contributed by atoms with E-state index in [1.54, 1.807) is 0 Å². The van der Waals surface area contributed by atoms with Crippen LogP contribution in [0.15, 0.2) is 0 Å². The van der Waals surface area contributed by atoms with Crippen LogP contribution in [0.5, 0.6) is 0 Å². The van der Waals surface area contributed by atoms with Crippen LogP contribution < -0.4 is 0 Å². The Morgan fingerprint density at radius 3 is 2.93 bits per heavy atom. The van der Waals surface area contributed by atoms with Gasteiger partial charge in [-0.25, -0.2) is 0 Å². The van der Waals surface area contributed by atoms with Gasteiger partial charge in [-0.15, -0.1) is 0 Å². The molecule has 0 aromatic heterocycles. The van der Waals surface area contributed by atoms with E-state index in [1.807, 2.05) is 6.92 Å². The average Bonchev–Trinajstić information content (AvgIpc) is 2.75. The molecule has 0 bridgehead atoms. The van der Waals surface area contributed by atoms with Crippen molar-refractivity contribution in [1.29, 1.82) is 0 Å². The summed E-state index contributed by atoms with van der Waals surface area (Å²) >= 11 is 0. The summed E-state index contributed by atoms with van der Waals surface area (Å²) < 4.78 is 11.1. The summed E-state index contributed by atoms with van der Waals surface area (Å²) in [4.78, 5) is 11.5. The molecule has 3 heteroatoms. The zero-order valence-corrected chi connectivity index (χ0v) is 9.62. The van der Waals surface area contributed by atoms with Crippen molar-refractivity contribution in [3.63, 3.8) is 0 Å². The SMILES string of the molecule is CCC1(C)C(=O)CC1OCC1CCOC1. The van der Waals surface area contributed by atoms with Gasteiger partial charge in [0, 0.05) is 18.9 Å². The summed E-state index contributed by atoms with van der Waals surface area (Å²) in [6.45, 7) is 6.53. The first-order chi connectivity index (χ1) is 7.16. The Kier molecular flexibility index (Phi) is 3.12. The van der Waals surface area contributed by atoms with Gasteiger partial charge in [-0.1, -0.05) is 13.8 Å². The highest BCUT2D eigenvalue weighted by molar-refractivity contribution is 5.91. The van der Waals surface area contributed by atoms with Gasteiger partial charge in [0.2, 0.25) is 0 Å². The second-order valence-electron chi connectivity index (χ2n) is 4.95. The zero-order valence-electron chi connectivity index (χ0n) is 9.62. The standard InChI is InChI=1S/C12H20O3/c1-3-12(2)10(13)6-11(12)15-8-9-4-5-14-7-9/h9,11H,3-8H2,1-2H3. The maximum atomic E-state index is 11.5. The van der Waals surface area contributed by atoms with E-state index in [1.165, 1.54) is 0 Å². The van der Waals surface area contributed by atoms with Crippen LogP contribution in [-0.2, 0) is 14.3 Å². The first kappa shape index (κ1) is 11.1. The van der Waals surface area contributed by atoms with Crippen molar-refractivity contribution in [2.24, 2.45) is 11.3 Å². The monoisotopic (exact) mass is 212 g/mol. The number of carbonyl (C=O) groups is 1.